The lowest BCUT2D eigenvalue weighted by Gasteiger charge is -2.20. The summed E-state index contributed by atoms with van der Waals surface area (Å²) < 4.78 is 0. The van der Waals surface area contributed by atoms with Crippen molar-refractivity contribution in [3.05, 3.63) is 48.6 Å². The molecule has 1 amide bonds. The molecular formula is C26H45NO4. The van der Waals surface area contributed by atoms with Gasteiger partial charge < -0.3 is 20.6 Å². The van der Waals surface area contributed by atoms with Crippen molar-refractivity contribution < 1.29 is 20.1 Å². The fraction of sp³-hybridized carbons (Fsp3) is 0.654. The minimum Gasteiger partial charge on any atom is -0.394 e. The molecule has 0 aliphatic carbocycles. The van der Waals surface area contributed by atoms with Crippen molar-refractivity contribution in [1.29, 1.82) is 0 Å². The normalized spacial score (nSPS) is 15.4. The molecule has 3 atom stereocenters. The summed E-state index contributed by atoms with van der Waals surface area (Å²) in [5, 5.41) is 32.3. The SMILES string of the molecule is C/C=C/CC/C=C/CC/C=C/C(O)C(CO)NC(=O)CC(O)C/C=C\CCCCCC. The van der Waals surface area contributed by atoms with E-state index in [0.29, 0.717) is 6.42 Å². The molecule has 0 spiro atoms. The summed E-state index contributed by atoms with van der Waals surface area (Å²) in [6.45, 7) is 3.83. The first-order valence-electron chi connectivity index (χ1n) is 11.9. The Labute approximate surface area is 189 Å². The summed E-state index contributed by atoms with van der Waals surface area (Å²) in [5.41, 5.74) is 0. The van der Waals surface area contributed by atoms with Gasteiger partial charge in [-0.15, -0.1) is 0 Å². The lowest BCUT2D eigenvalue weighted by molar-refractivity contribution is -0.124. The standard InChI is InChI=1S/C26H45NO4/c1-3-5-7-9-11-12-14-16-18-20-25(30)24(22-28)27-26(31)21-23(29)19-17-15-13-10-8-6-4-2/h3,5,11-12,15,17-18,20,23-25,28-30H,4,6-10,13-14,16,19,21-22H2,1-2H3,(H,27,31)/b5-3+,12-11+,17-15-,20-18+. The van der Waals surface area contributed by atoms with E-state index < -0.39 is 18.2 Å². The van der Waals surface area contributed by atoms with E-state index in [1.54, 1.807) is 6.08 Å². The zero-order valence-corrected chi connectivity index (χ0v) is 19.6. The van der Waals surface area contributed by atoms with Crippen molar-refractivity contribution in [3.8, 4) is 0 Å². The van der Waals surface area contributed by atoms with Crippen LogP contribution in [0, 0.1) is 0 Å². The van der Waals surface area contributed by atoms with Crippen LogP contribution in [0.3, 0.4) is 0 Å². The van der Waals surface area contributed by atoms with E-state index >= 15 is 0 Å². The van der Waals surface area contributed by atoms with Gasteiger partial charge in [0.05, 0.1) is 31.3 Å². The molecule has 0 heterocycles. The monoisotopic (exact) mass is 435 g/mol. The molecule has 178 valence electrons. The van der Waals surface area contributed by atoms with Gasteiger partial charge in [0.2, 0.25) is 5.91 Å². The summed E-state index contributed by atoms with van der Waals surface area (Å²) >= 11 is 0. The number of hydrogen-bond donors (Lipinski definition) is 4. The Morgan fingerprint density at radius 3 is 2.16 bits per heavy atom. The van der Waals surface area contributed by atoms with Gasteiger partial charge in [0.15, 0.2) is 0 Å². The average Bonchev–Trinajstić information content (AvgIpc) is 2.75. The zero-order valence-electron chi connectivity index (χ0n) is 19.6. The highest BCUT2D eigenvalue weighted by molar-refractivity contribution is 5.76. The number of unbranched alkanes of at least 4 members (excludes halogenated alkanes) is 6. The van der Waals surface area contributed by atoms with E-state index in [9.17, 15) is 20.1 Å². The van der Waals surface area contributed by atoms with Crippen LogP contribution in [-0.4, -0.2) is 46.1 Å². The van der Waals surface area contributed by atoms with E-state index in [-0.39, 0.29) is 18.9 Å². The van der Waals surface area contributed by atoms with Crippen LogP contribution in [0.1, 0.15) is 84.5 Å². The molecule has 3 unspecified atom stereocenters. The van der Waals surface area contributed by atoms with E-state index in [0.717, 1.165) is 38.5 Å². The van der Waals surface area contributed by atoms with Gasteiger partial charge in [0.1, 0.15) is 0 Å². The zero-order chi connectivity index (χ0) is 23.2. The number of aliphatic hydroxyl groups is 3. The van der Waals surface area contributed by atoms with Crippen LogP contribution in [0.25, 0.3) is 0 Å². The van der Waals surface area contributed by atoms with Crippen molar-refractivity contribution in [2.45, 2.75) is 103 Å². The smallest absolute Gasteiger partial charge is 0.223 e. The molecule has 0 aromatic heterocycles. The van der Waals surface area contributed by atoms with Crippen molar-refractivity contribution in [1.82, 2.24) is 5.32 Å². The molecule has 5 nitrogen and oxygen atoms in total. The molecule has 0 radical (unpaired) electrons. The number of carbonyl (C=O) groups excluding carboxylic acids is 1. The maximum absolute atomic E-state index is 12.1. The molecule has 0 rings (SSSR count). The summed E-state index contributed by atoms with van der Waals surface area (Å²) in [7, 11) is 0. The molecular weight excluding hydrogens is 390 g/mol. The number of hydrogen-bond acceptors (Lipinski definition) is 4. The molecule has 0 bridgehead atoms. The van der Waals surface area contributed by atoms with E-state index in [4.69, 9.17) is 0 Å². The predicted molar refractivity (Wildman–Crippen MR) is 130 cm³/mol. The Morgan fingerprint density at radius 1 is 0.871 bits per heavy atom. The highest BCUT2D eigenvalue weighted by Crippen LogP contribution is 2.06. The summed E-state index contributed by atoms with van der Waals surface area (Å²) in [6, 6.07) is -0.776. The first-order chi connectivity index (χ1) is 15.0. The van der Waals surface area contributed by atoms with Crippen LogP contribution in [0.4, 0.5) is 0 Å². The highest BCUT2D eigenvalue weighted by Gasteiger charge is 2.19. The molecule has 0 aliphatic heterocycles. The fourth-order valence-electron chi connectivity index (χ4n) is 3.02. The Bertz CT molecular complexity index is 540. The molecule has 0 saturated heterocycles. The van der Waals surface area contributed by atoms with Gasteiger partial charge >= 0.3 is 0 Å². The minimum atomic E-state index is -0.965. The number of aliphatic hydroxyl groups excluding tert-OH is 3. The molecule has 0 fully saturated rings. The number of nitrogens with one attached hydrogen (secondary N) is 1. The van der Waals surface area contributed by atoms with Crippen LogP contribution in [0.15, 0.2) is 48.6 Å². The lowest BCUT2D eigenvalue weighted by Crippen LogP contribution is -2.45. The maximum Gasteiger partial charge on any atom is 0.223 e. The Hall–Kier alpha value is -1.69. The first-order valence-corrected chi connectivity index (χ1v) is 11.9. The number of allylic oxidation sites excluding steroid dienone is 6. The van der Waals surface area contributed by atoms with Crippen LogP contribution >= 0.6 is 0 Å². The van der Waals surface area contributed by atoms with Gasteiger partial charge in [-0.2, -0.15) is 0 Å². The van der Waals surface area contributed by atoms with Crippen LogP contribution in [-0.2, 0) is 4.79 Å². The first kappa shape index (κ1) is 29.3. The molecule has 31 heavy (non-hydrogen) atoms. The second kappa shape index (κ2) is 21.5. The Kier molecular flexibility index (Phi) is 20.4. The minimum absolute atomic E-state index is 0.0505. The lowest BCUT2D eigenvalue weighted by atomic mass is 10.1. The molecule has 0 aromatic carbocycles. The maximum atomic E-state index is 12.1. The van der Waals surface area contributed by atoms with Crippen LogP contribution < -0.4 is 5.32 Å². The molecule has 5 heteroatoms. The molecule has 0 saturated carbocycles. The summed E-state index contributed by atoms with van der Waals surface area (Å²) in [4.78, 5) is 12.1. The third-order valence-electron chi connectivity index (χ3n) is 4.91. The summed E-state index contributed by atoms with van der Waals surface area (Å²) in [5.74, 6) is -0.376. The van der Waals surface area contributed by atoms with Gasteiger partial charge in [-0.05, 0) is 51.9 Å². The molecule has 0 aliphatic rings. The van der Waals surface area contributed by atoms with Gasteiger partial charge in [0, 0.05) is 0 Å². The van der Waals surface area contributed by atoms with Gasteiger partial charge in [-0.25, -0.2) is 0 Å². The third kappa shape index (κ3) is 18.8. The number of rotatable bonds is 19. The van der Waals surface area contributed by atoms with E-state index in [1.807, 2.05) is 25.2 Å². The average molecular weight is 436 g/mol. The largest absolute Gasteiger partial charge is 0.394 e. The number of carbonyl (C=O) groups is 1. The second-order valence-corrected chi connectivity index (χ2v) is 7.88. The topological polar surface area (TPSA) is 89.8 Å². The number of amides is 1. The highest BCUT2D eigenvalue weighted by atomic mass is 16.3. The van der Waals surface area contributed by atoms with Crippen LogP contribution in [0.5, 0.6) is 0 Å². The van der Waals surface area contributed by atoms with E-state index in [1.165, 1.54) is 19.3 Å². The molecule has 4 N–H and O–H groups in total. The fourth-order valence-corrected chi connectivity index (χ4v) is 3.02. The Morgan fingerprint density at radius 2 is 1.52 bits per heavy atom. The second-order valence-electron chi connectivity index (χ2n) is 7.88. The van der Waals surface area contributed by atoms with Crippen molar-refractivity contribution in [2.24, 2.45) is 0 Å². The van der Waals surface area contributed by atoms with E-state index in [2.05, 4.69) is 36.5 Å². The summed E-state index contributed by atoms with van der Waals surface area (Å²) in [6.07, 6.45) is 24.1. The molecule has 0 aromatic rings. The Balaban J connectivity index is 4.10. The third-order valence-corrected chi connectivity index (χ3v) is 4.91. The van der Waals surface area contributed by atoms with Gasteiger partial charge in [-0.1, -0.05) is 74.8 Å². The quantitative estimate of drug-likeness (QED) is 0.174. The van der Waals surface area contributed by atoms with Gasteiger partial charge in [-0.3, -0.25) is 4.79 Å². The van der Waals surface area contributed by atoms with Gasteiger partial charge in [0.25, 0.3) is 0 Å². The van der Waals surface area contributed by atoms with Crippen molar-refractivity contribution >= 4 is 5.91 Å². The predicted octanol–water partition coefficient (Wildman–Crippen LogP) is 4.74. The van der Waals surface area contributed by atoms with Crippen LogP contribution in [0.2, 0.25) is 0 Å². The van der Waals surface area contributed by atoms with Crippen molar-refractivity contribution in [2.75, 3.05) is 6.61 Å². The van der Waals surface area contributed by atoms with Crippen molar-refractivity contribution in [3.63, 3.8) is 0 Å².